The molecule has 2 aromatic heterocycles. The van der Waals surface area contributed by atoms with Gasteiger partial charge in [0.05, 0.1) is 11.4 Å². The molecule has 80 valence electrons. The van der Waals surface area contributed by atoms with Crippen LogP contribution in [0.1, 0.15) is 0 Å². The predicted molar refractivity (Wildman–Crippen MR) is 65.1 cm³/mol. The number of nitrogens with one attached hydrogen (secondary N) is 1. The highest BCUT2D eigenvalue weighted by atomic mass is 16.0. The first-order valence-corrected chi connectivity index (χ1v) is 4.93. The second-order valence-electron chi connectivity index (χ2n) is 3.49. The minimum Gasteiger partial charge on any atom is -0.412 e. The molecule has 0 aliphatic carbocycles. The van der Waals surface area contributed by atoms with Crippen LogP contribution in [-0.4, -0.2) is 15.4 Å². The molecule has 0 atom stereocenters. The van der Waals surface area contributed by atoms with Crippen molar-refractivity contribution in [2.45, 2.75) is 0 Å². The maximum Gasteiger partial charge on any atom is 0.0864 e. The van der Waals surface area contributed by atoms with Crippen LogP contribution in [0.4, 0.5) is 0 Å². The molecule has 16 heavy (non-hydrogen) atoms. The lowest BCUT2D eigenvalue weighted by atomic mass is 10.2. The number of fused-ring (bicyclic) bond motifs is 1. The summed E-state index contributed by atoms with van der Waals surface area (Å²) in [7, 11) is 0. The van der Waals surface area contributed by atoms with E-state index < -0.39 is 0 Å². The Morgan fingerprint density at radius 1 is 0.938 bits per heavy atom. The van der Waals surface area contributed by atoms with Crippen molar-refractivity contribution in [1.29, 1.82) is 0 Å². The maximum absolute atomic E-state index is 4.31. The standard InChI is InChI=1S/C13H10N2.H2O/c1-2-6-11-10(5-1)9-13(15-11)12-7-3-4-8-14-12;/h1-9,15H;1H2. The molecule has 0 fully saturated rings. The van der Waals surface area contributed by atoms with Crippen LogP contribution in [0.15, 0.2) is 54.7 Å². The lowest BCUT2D eigenvalue weighted by Gasteiger charge is -1.93. The van der Waals surface area contributed by atoms with Gasteiger partial charge in [-0.25, -0.2) is 0 Å². The maximum atomic E-state index is 4.31. The van der Waals surface area contributed by atoms with Gasteiger partial charge in [0, 0.05) is 17.1 Å². The van der Waals surface area contributed by atoms with Gasteiger partial charge in [-0.1, -0.05) is 24.3 Å². The molecule has 0 amide bonds. The Bertz CT molecular complexity index is 554. The Morgan fingerprint density at radius 2 is 1.75 bits per heavy atom. The number of aromatic amines is 1. The first-order chi connectivity index (χ1) is 7.43. The van der Waals surface area contributed by atoms with Crippen molar-refractivity contribution < 1.29 is 5.48 Å². The molecular weight excluding hydrogens is 200 g/mol. The second-order valence-corrected chi connectivity index (χ2v) is 3.49. The van der Waals surface area contributed by atoms with Gasteiger partial charge in [0.1, 0.15) is 0 Å². The SMILES string of the molecule is O.c1ccc(-c2cc3ccccc3[nH]2)nc1. The summed E-state index contributed by atoms with van der Waals surface area (Å²) in [5.74, 6) is 0. The number of para-hydroxylation sites is 1. The number of benzene rings is 1. The van der Waals surface area contributed by atoms with E-state index in [0.717, 1.165) is 16.9 Å². The van der Waals surface area contributed by atoms with Crippen LogP contribution in [0.25, 0.3) is 22.3 Å². The molecule has 3 rings (SSSR count). The highest BCUT2D eigenvalue weighted by molar-refractivity contribution is 5.85. The van der Waals surface area contributed by atoms with E-state index in [1.165, 1.54) is 5.39 Å². The van der Waals surface area contributed by atoms with Crippen LogP contribution < -0.4 is 0 Å². The third kappa shape index (κ3) is 1.68. The van der Waals surface area contributed by atoms with Crippen LogP contribution in [0.2, 0.25) is 0 Å². The fourth-order valence-electron chi connectivity index (χ4n) is 1.73. The van der Waals surface area contributed by atoms with E-state index in [2.05, 4.69) is 28.2 Å². The first-order valence-electron chi connectivity index (χ1n) is 4.93. The quantitative estimate of drug-likeness (QED) is 0.661. The minimum absolute atomic E-state index is 0. The first kappa shape index (κ1) is 10.4. The Hall–Kier alpha value is -2.13. The van der Waals surface area contributed by atoms with Crippen LogP contribution in [0.5, 0.6) is 0 Å². The van der Waals surface area contributed by atoms with E-state index in [-0.39, 0.29) is 5.48 Å². The largest absolute Gasteiger partial charge is 0.412 e. The molecule has 2 heterocycles. The molecule has 0 saturated heterocycles. The average molecular weight is 212 g/mol. The average Bonchev–Trinajstić information content (AvgIpc) is 2.74. The van der Waals surface area contributed by atoms with E-state index in [0.29, 0.717) is 0 Å². The monoisotopic (exact) mass is 212 g/mol. The molecule has 3 heteroatoms. The van der Waals surface area contributed by atoms with Crippen LogP contribution >= 0.6 is 0 Å². The second kappa shape index (κ2) is 4.16. The normalized spacial score (nSPS) is 10.0. The van der Waals surface area contributed by atoms with Gasteiger partial charge in [-0.3, -0.25) is 4.98 Å². The Labute approximate surface area is 93.1 Å². The third-order valence-electron chi connectivity index (χ3n) is 2.47. The minimum atomic E-state index is 0. The van der Waals surface area contributed by atoms with Crippen molar-refractivity contribution in [2.75, 3.05) is 0 Å². The Balaban J connectivity index is 0.000000963. The third-order valence-corrected chi connectivity index (χ3v) is 2.47. The van der Waals surface area contributed by atoms with Gasteiger partial charge in [-0.15, -0.1) is 0 Å². The number of hydrogen-bond acceptors (Lipinski definition) is 1. The lowest BCUT2D eigenvalue weighted by molar-refractivity contribution is 0.824. The van der Waals surface area contributed by atoms with Crippen molar-refractivity contribution in [1.82, 2.24) is 9.97 Å². The van der Waals surface area contributed by atoms with Gasteiger partial charge in [-0.2, -0.15) is 0 Å². The van der Waals surface area contributed by atoms with E-state index in [1.807, 2.05) is 30.3 Å². The predicted octanol–water partition coefficient (Wildman–Crippen LogP) is 2.41. The molecule has 0 aliphatic rings. The number of pyridine rings is 1. The van der Waals surface area contributed by atoms with Gasteiger partial charge in [0.15, 0.2) is 0 Å². The molecule has 0 radical (unpaired) electrons. The highest BCUT2D eigenvalue weighted by Gasteiger charge is 2.02. The van der Waals surface area contributed by atoms with Gasteiger partial charge in [-0.05, 0) is 24.3 Å². The molecule has 0 spiro atoms. The number of hydrogen-bond donors (Lipinski definition) is 1. The molecule has 3 aromatic rings. The number of aromatic nitrogens is 2. The topological polar surface area (TPSA) is 60.2 Å². The van der Waals surface area contributed by atoms with Gasteiger partial charge in [0.2, 0.25) is 0 Å². The summed E-state index contributed by atoms with van der Waals surface area (Å²) in [6, 6.07) is 16.3. The van der Waals surface area contributed by atoms with Crippen molar-refractivity contribution in [3.63, 3.8) is 0 Å². The molecule has 1 aromatic carbocycles. The highest BCUT2D eigenvalue weighted by Crippen LogP contribution is 2.21. The molecule has 3 nitrogen and oxygen atoms in total. The molecular formula is C13H12N2O. The summed E-state index contributed by atoms with van der Waals surface area (Å²) in [5.41, 5.74) is 3.20. The van der Waals surface area contributed by atoms with E-state index in [9.17, 15) is 0 Å². The van der Waals surface area contributed by atoms with Crippen molar-refractivity contribution >= 4 is 10.9 Å². The molecule has 0 unspecified atom stereocenters. The van der Waals surface area contributed by atoms with Crippen LogP contribution in [0.3, 0.4) is 0 Å². The fourth-order valence-corrected chi connectivity index (χ4v) is 1.73. The summed E-state index contributed by atoms with van der Waals surface area (Å²) in [4.78, 5) is 7.66. The zero-order chi connectivity index (χ0) is 10.1. The van der Waals surface area contributed by atoms with E-state index in [1.54, 1.807) is 6.20 Å². The van der Waals surface area contributed by atoms with E-state index in [4.69, 9.17) is 0 Å². The van der Waals surface area contributed by atoms with E-state index >= 15 is 0 Å². The molecule has 3 N–H and O–H groups in total. The number of H-pyrrole nitrogens is 1. The van der Waals surface area contributed by atoms with Crippen molar-refractivity contribution in [3.05, 3.63) is 54.7 Å². The lowest BCUT2D eigenvalue weighted by Crippen LogP contribution is -1.80. The van der Waals surface area contributed by atoms with Crippen LogP contribution in [-0.2, 0) is 0 Å². The Kier molecular flexibility index (Phi) is 2.70. The smallest absolute Gasteiger partial charge is 0.0864 e. The zero-order valence-electron chi connectivity index (χ0n) is 8.64. The summed E-state index contributed by atoms with van der Waals surface area (Å²) in [6.07, 6.45) is 1.81. The molecule has 0 bridgehead atoms. The fraction of sp³-hybridized carbons (Fsp3) is 0. The van der Waals surface area contributed by atoms with Crippen molar-refractivity contribution in [2.24, 2.45) is 0 Å². The summed E-state index contributed by atoms with van der Waals surface area (Å²) >= 11 is 0. The van der Waals surface area contributed by atoms with Crippen molar-refractivity contribution in [3.8, 4) is 11.4 Å². The van der Waals surface area contributed by atoms with Gasteiger partial charge >= 0.3 is 0 Å². The zero-order valence-corrected chi connectivity index (χ0v) is 8.64. The van der Waals surface area contributed by atoms with Gasteiger partial charge in [0.25, 0.3) is 0 Å². The number of rotatable bonds is 1. The van der Waals surface area contributed by atoms with Crippen LogP contribution in [0, 0.1) is 0 Å². The Morgan fingerprint density at radius 3 is 2.50 bits per heavy atom. The summed E-state index contributed by atoms with van der Waals surface area (Å²) in [6.45, 7) is 0. The summed E-state index contributed by atoms with van der Waals surface area (Å²) in [5, 5.41) is 1.22. The number of nitrogens with zero attached hydrogens (tertiary/aromatic N) is 1. The van der Waals surface area contributed by atoms with Gasteiger partial charge < -0.3 is 10.5 Å². The molecule has 0 aliphatic heterocycles. The molecule has 0 saturated carbocycles. The summed E-state index contributed by atoms with van der Waals surface area (Å²) < 4.78 is 0.